The van der Waals surface area contributed by atoms with Crippen LogP contribution in [0.15, 0.2) is 12.2 Å². The summed E-state index contributed by atoms with van der Waals surface area (Å²) < 4.78 is 14.0. The van der Waals surface area contributed by atoms with Crippen LogP contribution in [0.2, 0.25) is 36.3 Å². The van der Waals surface area contributed by atoms with Gasteiger partial charge in [0.15, 0.2) is 16.6 Å². The Morgan fingerprint density at radius 2 is 0.908 bits per heavy atom. The van der Waals surface area contributed by atoms with Crippen molar-refractivity contribution in [3.63, 3.8) is 0 Å². The lowest BCUT2D eigenvalue weighted by atomic mass is 10.0. The van der Waals surface area contributed by atoms with Crippen molar-refractivity contribution in [2.75, 3.05) is 6.61 Å². The van der Waals surface area contributed by atoms with Gasteiger partial charge in [-0.15, -0.1) is 0 Å². The zero-order valence-electron chi connectivity index (χ0n) is 45.9. The topological polar surface area (TPSA) is 67.8 Å². The molecule has 7 atom stereocenters. The first-order chi connectivity index (χ1) is 30.9. The lowest BCUT2D eigenvalue weighted by Crippen LogP contribution is -2.56. The van der Waals surface area contributed by atoms with Crippen LogP contribution in [-0.4, -0.2) is 52.5 Å². The van der Waals surface area contributed by atoms with E-state index in [-0.39, 0.29) is 28.7 Å². The lowest BCUT2D eigenvalue weighted by Gasteiger charge is -2.42. The normalized spacial score (nSPS) is 20.6. The molecule has 1 amide bonds. The van der Waals surface area contributed by atoms with Crippen LogP contribution in [0.25, 0.3) is 0 Å². The van der Waals surface area contributed by atoms with E-state index in [0.29, 0.717) is 6.42 Å². The summed E-state index contributed by atoms with van der Waals surface area (Å²) in [5.41, 5.74) is 0. The first-order valence-corrected chi connectivity index (χ1v) is 34.6. The smallest absolute Gasteiger partial charge is 0.248 e. The fourth-order valence-corrected chi connectivity index (χ4v) is 12.4. The predicted octanol–water partition coefficient (Wildman–Crippen LogP) is 18.2. The number of carbonyl (C=O) groups excluding carboxylic acids is 1. The number of nitrogens with one attached hydrogen (secondary N) is 1. The number of carbonyl (C=O) groups is 1. The molecule has 0 aliphatic heterocycles. The van der Waals surface area contributed by atoms with Gasteiger partial charge in [-0.05, 0) is 105 Å². The molecule has 0 aromatic carbocycles. The molecule has 0 saturated heterocycles. The maximum atomic E-state index is 14.3. The van der Waals surface area contributed by atoms with Gasteiger partial charge < -0.3 is 19.3 Å². The monoisotopic (exact) mass is 946 g/mol. The molecule has 2 aliphatic rings. The van der Waals surface area contributed by atoms with Crippen LogP contribution < -0.4 is 5.32 Å². The van der Waals surface area contributed by atoms with Crippen molar-refractivity contribution in [3.8, 4) is 0 Å². The summed E-state index contributed by atoms with van der Waals surface area (Å²) in [6, 6.07) is -0.447. The van der Waals surface area contributed by atoms with Crippen LogP contribution in [-0.2, 0) is 13.6 Å². The Morgan fingerprint density at radius 3 is 1.32 bits per heavy atom. The number of hydrogen-bond acceptors (Lipinski definition) is 4. The number of hydrogen-bond donors (Lipinski definition) is 2. The van der Waals surface area contributed by atoms with Gasteiger partial charge in [0.1, 0.15) is 6.10 Å². The Bertz CT molecular complexity index is 1220. The molecule has 384 valence electrons. The lowest BCUT2D eigenvalue weighted by molar-refractivity contribution is -0.130. The summed E-state index contributed by atoms with van der Waals surface area (Å²) in [7, 11) is -4.39. The van der Waals surface area contributed by atoms with Crippen molar-refractivity contribution in [2.24, 2.45) is 23.7 Å². The average Bonchev–Trinajstić information content (AvgIpc) is 4.17. The van der Waals surface area contributed by atoms with Crippen LogP contribution in [0.5, 0.6) is 0 Å². The van der Waals surface area contributed by atoms with Gasteiger partial charge in [-0.1, -0.05) is 234 Å². The minimum absolute atomic E-state index is 0.00646. The highest BCUT2D eigenvalue weighted by Crippen LogP contribution is 2.47. The van der Waals surface area contributed by atoms with E-state index >= 15 is 0 Å². The van der Waals surface area contributed by atoms with E-state index in [1.807, 2.05) is 0 Å². The van der Waals surface area contributed by atoms with Gasteiger partial charge in [0.05, 0.1) is 18.8 Å². The second-order valence-electron chi connectivity index (χ2n) is 24.8. The van der Waals surface area contributed by atoms with Gasteiger partial charge in [0.2, 0.25) is 5.91 Å². The molecule has 0 spiro atoms. The van der Waals surface area contributed by atoms with Crippen molar-refractivity contribution in [1.82, 2.24) is 5.32 Å². The van der Waals surface area contributed by atoms with Gasteiger partial charge in [-0.3, -0.25) is 4.79 Å². The number of aliphatic hydroxyl groups is 1. The Balaban J connectivity index is 1.82. The van der Waals surface area contributed by atoms with Crippen LogP contribution in [0, 0.1) is 23.7 Å². The summed E-state index contributed by atoms with van der Waals surface area (Å²) in [5, 5.41) is 14.3. The number of rotatable bonds is 42. The molecule has 0 bridgehead atoms. The number of allylic oxidation sites excluding steroid dienone is 2. The molecule has 2 N–H and O–H groups in total. The molecular formula is C58H115NO4Si2. The van der Waals surface area contributed by atoms with Crippen molar-refractivity contribution in [3.05, 3.63) is 12.2 Å². The standard InChI is InChI=1S/C58H115NO4Si2/c1-13-15-17-19-21-23-28-34-40-49-46-51(49)42-36-30-25-26-32-39-45-55(63-65(11,12)58(6,7)8)56(61)59-53(48-60)54(62-64(9,10)57(3,4)5)44-38-33-27-31-37-43-52-47-50(52)41-35-29-24-22-20-18-16-14-2/h26,32,49-55,60H,13-25,27-31,33-48H2,1-12H3,(H,59,61)/b32-26-/t49-,50-,51+,52+,53+,54-,55-/m1/s1. The van der Waals surface area contributed by atoms with E-state index in [9.17, 15) is 9.90 Å². The molecule has 0 radical (unpaired) electrons. The number of amides is 1. The summed E-state index contributed by atoms with van der Waals surface area (Å²) in [4.78, 5) is 14.3. The highest BCUT2D eigenvalue weighted by Gasteiger charge is 2.43. The fraction of sp³-hybridized carbons (Fsp3) is 0.948. The van der Waals surface area contributed by atoms with E-state index in [0.717, 1.165) is 49.4 Å². The minimum atomic E-state index is -2.23. The number of unbranched alkanes of at least 4 members (excludes halogenated alkanes) is 20. The second kappa shape index (κ2) is 33.2. The molecule has 0 aromatic heterocycles. The van der Waals surface area contributed by atoms with Crippen LogP contribution in [0.1, 0.15) is 267 Å². The first kappa shape index (κ1) is 60.6. The van der Waals surface area contributed by atoms with Gasteiger partial charge in [0.25, 0.3) is 0 Å². The van der Waals surface area contributed by atoms with Gasteiger partial charge >= 0.3 is 0 Å². The molecule has 0 unspecified atom stereocenters. The zero-order valence-corrected chi connectivity index (χ0v) is 47.9. The van der Waals surface area contributed by atoms with Crippen molar-refractivity contribution in [2.45, 2.75) is 322 Å². The minimum Gasteiger partial charge on any atom is -0.412 e. The van der Waals surface area contributed by atoms with Crippen LogP contribution in [0.4, 0.5) is 0 Å². The quantitative estimate of drug-likeness (QED) is 0.0363. The molecule has 2 rings (SSSR count). The largest absolute Gasteiger partial charge is 0.412 e. The fourth-order valence-electron chi connectivity index (χ4n) is 9.76. The van der Waals surface area contributed by atoms with E-state index in [1.165, 1.54) is 180 Å². The third-order valence-corrected chi connectivity index (χ3v) is 25.8. The second-order valence-corrected chi connectivity index (χ2v) is 34.3. The van der Waals surface area contributed by atoms with Crippen LogP contribution >= 0.6 is 0 Å². The molecule has 0 heterocycles. The summed E-state index contributed by atoms with van der Waals surface area (Å²) in [6.45, 7) is 27.1. The molecule has 2 aliphatic carbocycles. The summed E-state index contributed by atoms with van der Waals surface area (Å²) in [5.74, 6) is 3.95. The highest BCUT2D eigenvalue weighted by atomic mass is 28.4. The summed E-state index contributed by atoms with van der Waals surface area (Å²) >= 11 is 0. The maximum Gasteiger partial charge on any atom is 0.248 e. The third-order valence-electron chi connectivity index (χ3n) is 16.8. The Morgan fingerprint density at radius 1 is 0.538 bits per heavy atom. The average molecular weight is 947 g/mol. The first-order valence-electron chi connectivity index (χ1n) is 28.8. The van der Waals surface area contributed by atoms with E-state index in [4.69, 9.17) is 8.85 Å². The number of aliphatic hydroxyl groups excluding tert-OH is 1. The van der Waals surface area contributed by atoms with Gasteiger partial charge in [0, 0.05) is 0 Å². The van der Waals surface area contributed by atoms with Gasteiger partial charge in [-0.25, -0.2) is 0 Å². The van der Waals surface area contributed by atoms with E-state index in [1.54, 1.807) is 0 Å². The Labute approximate surface area is 409 Å². The van der Waals surface area contributed by atoms with Crippen molar-refractivity contribution < 1.29 is 18.8 Å². The molecule has 2 saturated carbocycles. The van der Waals surface area contributed by atoms with Gasteiger partial charge in [-0.2, -0.15) is 0 Å². The molecule has 0 aromatic rings. The molecule has 65 heavy (non-hydrogen) atoms. The third kappa shape index (κ3) is 26.9. The Kier molecular flexibility index (Phi) is 30.9. The molecule has 5 nitrogen and oxygen atoms in total. The molecule has 2 fully saturated rings. The van der Waals surface area contributed by atoms with Crippen molar-refractivity contribution >= 4 is 22.5 Å². The van der Waals surface area contributed by atoms with E-state index in [2.05, 4.69) is 99.0 Å². The zero-order chi connectivity index (χ0) is 48.2. The van der Waals surface area contributed by atoms with Crippen molar-refractivity contribution in [1.29, 1.82) is 0 Å². The maximum absolute atomic E-state index is 14.3. The van der Waals surface area contributed by atoms with E-state index < -0.39 is 28.8 Å². The predicted molar refractivity (Wildman–Crippen MR) is 290 cm³/mol. The van der Waals surface area contributed by atoms with Crippen LogP contribution in [0.3, 0.4) is 0 Å². The summed E-state index contributed by atoms with van der Waals surface area (Å²) in [6.07, 6.45) is 47.6. The molecular weight excluding hydrogens is 831 g/mol. The molecule has 7 heteroatoms. The SMILES string of the molecule is CCCCCCCCCC[C@@H]1C[C@@H]1CCCC/C=C\CC[C@@H](O[Si](C)(C)C(C)(C)C)C(=O)N[C@@H](CO)[C@@H](CCCCCCC[C@H]1C[C@H]1CCCCCCCCCC)O[Si](C)(C)C(C)(C)C. The Hall–Kier alpha value is -0.476. The highest BCUT2D eigenvalue weighted by molar-refractivity contribution is 6.74.